The van der Waals surface area contributed by atoms with Crippen LogP contribution in [0.15, 0.2) is 24.4 Å². The third-order valence-electron chi connectivity index (χ3n) is 4.73. The summed E-state index contributed by atoms with van der Waals surface area (Å²) in [5.74, 6) is -0.0735. The number of hydrogen-bond acceptors (Lipinski definition) is 4. The molecule has 7 heteroatoms. The van der Waals surface area contributed by atoms with Crippen LogP contribution in [-0.2, 0) is 4.74 Å². The van der Waals surface area contributed by atoms with Crippen molar-refractivity contribution in [1.82, 2.24) is 15.0 Å². The third-order valence-corrected chi connectivity index (χ3v) is 4.73. The molecule has 6 nitrogen and oxygen atoms in total. The minimum Gasteiger partial charge on any atom is -0.414 e. The number of amides is 1. The highest BCUT2D eigenvalue weighted by Crippen LogP contribution is 2.31. The fourth-order valence-electron chi connectivity index (χ4n) is 3.25. The molecule has 1 aliphatic carbocycles. The van der Waals surface area contributed by atoms with Gasteiger partial charge in [0.1, 0.15) is 17.1 Å². The quantitative estimate of drug-likeness (QED) is 0.889. The number of quaternary nitrogens is 1. The second kappa shape index (κ2) is 7.38. The molecular formula is C20H28FN4O2+. The van der Waals surface area contributed by atoms with Gasteiger partial charge in [-0.1, -0.05) is 31.2 Å². The van der Waals surface area contributed by atoms with E-state index in [-0.39, 0.29) is 29.9 Å². The molecule has 27 heavy (non-hydrogen) atoms. The molecule has 1 aliphatic rings. The zero-order chi connectivity index (χ0) is 19.8. The van der Waals surface area contributed by atoms with Crippen molar-refractivity contribution in [2.24, 2.45) is 0 Å². The number of hydrogen-bond donors (Lipinski definition) is 1. The molecule has 1 amide bonds. The number of aromatic nitrogens is 3. The topological polar surface area (TPSA) is 73.6 Å². The number of carbonyl (C=O) groups is 1. The fourth-order valence-corrected chi connectivity index (χ4v) is 3.25. The van der Waals surface area contributed by atoms with E-state index < -0.39 is 5.60 Å². The number of primary amides is 1. The number of ether oxygens (including phenoxy) is 1. The van der Waals surface area contributed by atoms with Gasteiger partial charge in [-0.15, -0.1) is 5.10 Å². The number of rotatable bonds is 4. The van der Waals surface area contributed by atoms with Crippen LogP contribution >= 0.6 is 0 Å². The molecule has 1 aromatic carbocycles. The van der Waals surface area contributed by atoms with E-state index in [1.807, 2.05) is 57.6 Å². The zero-order valence-corrected chi connectivity index (χ0v) is 16.6. The summed E-state index contributed by atoms with van der Waals surface area (Å²) in [6.07, 6.45) is 3.22. The van der Waals surface area contributed by atoms with Crippen molar-refractivity contribution in [1.29, 1.82) is 0 Å². The van der Waals surface area contributed by atoms with Gasteiger partial charge in [-0.25, -0.2) is 14.4 Å². The van der Waals surface area contributed by atoms with Gasteiger partial charge >= 0.3 is 6.09 Å². The molecule has 1 fully saturated rings. The molecule has 0 bridgehead atoms. The molecule has 1 aromatic heterocycles. The predicted octanol–water partition coefficient (Wildman–Crippen LogP) is 3.41. The Hall–Kier alpha value is -2.28. The van der Waals surface area contributed by atoms with Crippen LogP contribution in [0.5, 0.6) is 0 Å². The standard InChI is InChI=1S/C20H27FN4O2/c1-12(2)16-7-6-13(8-17(16)21)18-11-25(24-23-18)15-9-14(10-15)22-19(26)27-20(3,4)5/h6-8,11-12,14-15H,9-10H2,1-5H3,(H,22,26)/p+1. The molecule has 0 atom stereocenters. The first-order valence-corrected chi connectivity index (χ1v) is 9.42. The number of nitrogens with two attached hydrogens (primary N) is 1. The minimum absolute atomic E-state index is 0.142. The Kier molecular flexibility index (Phi) is 5.33. The second-order valence-electron chi connectivity index (χ2n) is 8.56. The van der Waals surface area contributed by atoms with Crippen LogP contribution in [0.1, 0.15) is 65.0 Å². The Morgan fingerprint density at radius 2 is 2.04 bits per heavy atom. The Balaban J connectivity index is 1.58. The first-order valence-electron chi connectivity index (χ1n) is 9.42. The summed E-state index contributed by atoms with van der Waals surface area (Å²) in [4.78, 5) is 11.9. The first kappa shape index (κ1) is 19.5. The molecule has 0 radical (unpaired) electrons. The van der Waals surface area contributed by atoms with Crippen LogP contribution in [0.3, 0.4) is 0 Å². The number of benzene rings is 1. The molecule has 1 saturated carbocycles. The Bertz CT molecular complexity index is 820. The van der Waals surface area contributed by atoms with Gasteiger partial charge in [0.2, 0.25) is 0 Å². The van der Waals surface area contributed by atoms with Gasteiger partial charge in [0, 0.05) is 18.4 Å². The van der Waals surface area contributed by atoms with E-state index >= 15 is 0 Å². The predicted molar refractivity (Wildman–Crippen MR) is 99.7 cm³/mol. The van der Waals surface area contributed by atoms with E-state index in [0.29, 0.717) is 11.3 Å². The summed E-state index contributed by atoms with van der Waals surface area (Å²) >= 11 is 0. The van der Waals surface area contributed by atoms with Gasteiger partial charge in [-0.3, -0.25) is 0 Å². The maximum Gasteiger partial charge on any atom is 0.513 e. The van der Waals surface area contributed by atoms with Gasteiger partial charge in [0.25, 0.3) is 0 Å². The van der Waals surface area contributed by atoms with Crippen LogP contribution in [0, 0.1) is 5.82 Å². The SMILES string of the molecule is CC(C)c1ccc(-c2cn(C3CC([NH2+]C(=O)OC(C)(C)C)C3)nn2)cc1F. The average Bonchev–Trinajstić information content (AvgIpc) is 2.97. The molecule has 146 valence electrons. The van der Waals surface area contributed by atoms with Crippen molar-refractivity contribution >= 4 is 6.09 Å². The number of carbonyl (C=O) groups excluding carboxylic acids is 1. The first-order chi connectivity index (χ1) is 12.6. The second-order valence-corrected chi connectivity index (χ2v) is 8.56. The van der Waals surface area contributed by atoms with Crippen LogP contribution in [0.4, 0.5) is 9.18 Å². The van der Waals surface area contributed by atoms with Crippen molar-refractivity contribution in [3.8, 4) is 11.3 Å². The summed E-state index contributed by atoms with van der Waals surface area (Å²) < 4.78 is 21.3. The molecule has 0 aliphatic heterocycles. The maximum absolute atomic E-state index is 14.2. The molecule has 2 aromatic rings. The van der Waals surface area contributed by atoms with Gasteiger partial charge in [0.05, 0.1) is 18.3 Å². The van der Waals surface area contributed by atoms with E-state index in [2.05, 4.69) is 10.3 Å². The highest BCUT2D eigenvalue weighted by molar-refractivity contribution is 5.58. The highest BCUT2D eigenvalue weighted by atomic mass is 19.1. The Morgan fingerprint density at radius 1 is 1.33 bits per heavy atom. The zero-order valence-electron chi connectivity index (χ0n) is 16.6. The molecular weight excluding hydrogens is 347 g/mol. The fraction of sp³-hybridized carbons (Fsp3) is 0.550. The Labute approximate surface area is 159 Å². The van der Waals surface area contributed by atoms with Crippen molar-refractivity contribution in [3.63, 3.8) is 0 Å². The molecule has 0 spiro atoms. The summed E-state index contributed by atoms with van der Waals surface area (Å²) in [6, 6.07) is 5.61. The number of halogens is 1. The average molecular weight is 375 g/mol. The Morgan fingerprint density at radius 3 is 2.63 bits per heavy atom. The highest BCUT2D eigenvalue weighted by Gasteiger charge is 2.37. The van der Waals surface area contributed by atoms with Crippen LogP contribution < -0.4 is 5.32 Å². The molecule has 0 unspecified atom stereocenters. The normalized spacial score (nSPS) is 19.8. The van der Waals surface area contributed by atoms with Crippen LogP contribution in [0.2, 0.25) is 0 Å². The van der Waals surface area contributed by atoms with Crippen LogP contribution in [0.25, 0.3) is 11.3 Å². The van der Waals surface area contributed by atoms with Crippen LogP contribution in [-0.4, -0.2) is 32.7 Å². The van der Waals surface area contributed by atoms with Crippen molar-refractivity contribution in [2.45, 2.75) is 71.1 Å². The van der Waals surface area contributed by atoms with Gasteiger partial charge in [0.15, 0.2) is 0 Å². The van der Waals surface area contributed by atoms with Gasteiger partial charge in [-0.05, 0) is 38.3 Å². The molecule has 1 heterocycles. The molecule has 2 N–H and O–H groups in total. The number of nitrogens with zero attached hydrogens (tertiary/aromatic N) is 3. The van der Waals surface area contributed by atoms with E-state index in [1.165, 1.54) is 6.07 Å². The molecule has 3 rings (SSSR count). The van der Waals surface area contributed by atoms with E-state index in [0.717, 1.165) is 18.4 Å². The van der Waals surface area contributed by atoms with Gasteiger partial charge in [-0.2, -0.15) is 4.79 Å². The lowest BCUT2D eigenvalue weighted by Gasteiger charge is -2.32. The minimum atomic E-state index is -0.474. The maximum atomic E-state index is 14.2. The van der Waals surface area contributed by atoms with E-state index in [9.17, 15) is 9.18 Å². The van der Waals surface area contributed by atoms with Gasteiger partial charge < -0.3 is 4.74 Å². The lowest BCUT2D eigenvalue weighted by molar-refractivity contribution is -0.624. The van der Waals surface area contributed by atoms with Crippen molar-refractivity contribution in [2.75, 3.05) is 0 Å². The van der Waals surface area contributed by atoms with Crippen molar-refractivity contribution < 1.29 is 19.2 Å². The lowest BCUT2D eigenvalue weighted by Crippen LogP contribution is -2.95. The third kappa shape index (κ3) is 4.71. The summed E-state index contributed by atoms with van der Waals surface area (Å²) in [5, 5.41) is 10.0. The molecule has 0 saturated heterocycles. The monoisotopic (exact) mass is 375 g/mol. The summed E-state index contributed by atoms with van der Waals surface area (Å²) in [7, 11) is 0. The lowest BCUT2D eigenvalue weighted by atomic mass is 9.87. The largest absolute Gasteiger partial charge is 0.513 e. The smallest absolute Gasteiger partial charge is 0.414 e. The van der Waals surface area contributed by atoms with E-state index in [1.54, 1.807) is 5.32 Å². The summed E-state index contributed by atoms with van der Waals surface area (Å²) in [5.41, 5.74) is 1.60. The van der Waals surface area contributed by atoms with Crippen molar-refractivity contribution in [3.05, 3.63) is 35.8 Å². The summed E-state index contributed by atoms with van der Waals surface area (Å²) in [6.45, 7) is 9.51. The van der Waals surface area contributed by atoms with E-state index in [4.69, 9.17) is 4.74 Å².